The van der Waals surface area contributed by atoms with Crippen molar-refractivity contribution in [2.75, 3.05) is 13.7 Å². The molecule has 0 fully saturated rings. The Morgan fingerprint density at radius 2 is 1.68 bits per heavy atom. The summed E-state index contributed by atoms with van der Waals surface area (Å²) in [5.74, 6) is -0.409. The standard InChI is InChI=1S/C20H19F2NO5/c1-26-16-7-4-15(5-8-16)12-23-18(24)13-27-19(25)11-6-14-2-9-17(10-3-14)28-20(21)22/h2-11,20H,12-13H2,1H3,(H,23,24)/b11-6+. The molecule has 6 nitrogen and oxygen atoms in total. The van der Waals surface area contributed by atoms with Crippen LogP contribution in [0.25, 0.3) is 6.08 Å². The molecule has 8 heteroatoms. The SMILES string of the molecule is COc1ccc(CNC(=O)COC(=O)/C=C/c2ccc(OC(F)F)cc2)cc1. The maximum Gasteiger partial charge on any atom is 0.387 e. The van der Waals surface area contributed by atoms with Crippen molar-refractivity contribution in [2.45, 2.75) is 13.2 Å². The van der Waals surface area contributed by atoms with Crippen molar-refractivity contribution < 1.29 is 32.6 Å². The molecule has 0 heterocycles. The molecule has 0 aliphatic carbocycles. The minimum absolute atomic E-state index is 0.0169. The van der Waals surface area contributed by atoms with Crippen LogP contribution in [-0.2, 0) is 20.9 Å². The normalized spacial score (nSPS) is 10.7. The van der Waals surface area contributed by atoms with E-state index in [9.17, 15) is 18.4 Å². The first-order valence-corrected chi connectivity index (χ1v) is 8.25. The van der Waals surface area contributed by atoms with Crippen molar-refractivity contribution in [2.24, 2.45) is 0 Å². The summed E-state index contributed by atoms with van der Waals surface area (Å²) in [6.45, 7) is -3.02. The van der Waals surface area contributed by atoms with E-state index in [0.29, 0.717) is 17.9 Å². The van der Waals surface area contributed by atoms with E-state index in [1.807, 2.05) is 12.1 Å². The minimum atomic E-state index is -2.90. The monoisotopic (exact) mass is 391 g/mol. The van der Waals surface area contributed by atoms with Gasteiger partial charge in [0.25, 0.3) is 5.91 Å². The minimum Gasteiger partial charge on any atom is -0.497 e. The van der Waals surface area contributed by atoms with E-state index in [0.717, 1.165) is 11.6 Å². The molecule has 1 amide bonds. The van der Waals surface area contributed by atoms with E-state index in [1.54, 1.807) is 19.2 Å². The molecular formula is C20H19F2NO5. The quantitative estimate of drug-likeness (QED) is 0.525. The van der Waals surface area contributed by atoms with Crippen LogP contribution in [0.1, 0.15) is 11.1 Å². The van der Waals surface area contributed by atoms with Crippen molar-refractivity contribution in [3.8, 4) is 11.5 Å². The van der Waals surface area contributed by atoms with Crippen molar-refractivity contribution in [3.05, 3.63) is 65.7 Å². The third-order valence-corrected chi connectivity index (χ3v) is 3.51. The number of carbonyl (C=O) groups excluding carboxylic acids is 2. The van der Waals surface area contributed by atoms with Crippen molar-refractivity contribution in [1.29, 1.82) is 0 Å². The molecule has 0 atom stereocenters. The molecule has 0 bridgehead atoms. The van der Waals surface area contributed by atoms with Gasteiger partial charge in [-0.15, -0.1) is 0 Å². The summed E-state index contributed by atoms with van der Waals surface area (Å²) in [5, 5.41) is 2.63. The van der Waals surface area contributed by atoms with Gasteiger partial charge in [0, 0.05) is 12.6 Å². The molecule has 0 saturated heterocycles. The fraction of sp³-hybridized carbons (Fsp3) is 0.200. The Hall–Kier alpha value is -3.42. The lowest BCUT2D eigenvalue weighted by Crippen LogP contribution is -2.28. The third kappa shape index (κ3) is 7.45. The largest absolute Gasteiger partial charge is 0.497 e. The Morgan fingerprint density at radius 3 is 2.29 bits per heavy atom. The van der Waals surface area contributed by atoms with Crippen molar-refractivity contribution in [1.82, 2.24) is 5.32 Å². The topological polar surface area (TPSA) is 73.9 Å². The number of nitrogens with one attached hydrogen (secondary N) is 1. The molecule has 0 radical (unpaired) electrons. The summed E-state index contributed by atoms with van der Waals surface area (Å²) < 4.78 is 38.3. The Morgan fingerprint density at radius 1 is 1.04 bits per heavy atom. The van der Waals surface area contributed by atoms with Gasteiger partial charge < -0.3 is 19.5 Å². The van der Waals surface area contributed by atoms with Crippen LogP contribution >= 0.6 is 0 Å². The van der Waals surface area contributed by atoms with Gasteiger partial charge in [-0.2, -0.15) is 8.78 Å². The van der Waals surface area contributed by atoms with Crippen LogP contribution in [0.4, 0.5) is 8.78 Å². The van der Waals surface area contributed by atoms with Gasteiger partial charge in [-0.3, -0.25) is 4.79 Å². The van der Waals surface area contributed by atoms with Crippen LogP contribution in [0.3, 0.4) is 0 Å². The summed E-state index contributed by atoms with van der Waals surface area (Å²) in [6, 6.07) is 12.9. The van der Waals surface area contributed by atoms with E-state index < -0.39 is 25.1 Å². The summed E-state index contributed by atoms with van der Waals surface area (Å²) in [4.78, 5) is 23.4. The molecule has 0 aliphatic rings. The van der Waals surface area contributed by atoms with Crippen LogP contribution < -0.4 is 14.8 Å². The highest BCUT2D eigenvalue weighted by molar-refractivity contribution is 5.89. The predicted molar refractivity (Wildman–Crippen MR) is 97.9 cm³/mol. The second-order valence-corrected chi connectivity index (χ2v) is 5.51. The van der Waals surface area contributed by atoms with Gasteiger partial charge in [-0.25, -0.2) is 4.79 Å². The zero-order chi connectivity index (χ0) is 20.4. The van der Waals surface area contributed by atoms with Crippen LogP contribution in [0.5, 0.6) is 11.5 Å². The number of halogens is 2. The first-order valence-electron chi connectivity index (χ1n) is 8.25. The lowest BCUT2D eigenvalue weighted by Gasteiger charge is -2.06. The maximum atomic E-state index is 12.1. The van der Waals surface area contributed by atoms with E-state index in [-0.39, 0.29) is 5.75 Å². The van der Waals surface area contributed by atoms with Crippen LogP contribution in [0.2, 0.25) is 0 Å². The van der Waals surface area contributed by atoms with Gasteiger partial charge in [0.1, 0.15) is 11.5 Å². The van der Waals surface area contributed by atoms with Gasteiger partial charge in [0.15, 0.2) is 6.61 Å². The van der Waals surface area contributed by atoms with Gasteiger partial charge in [0.2, 0.25) is 0 Å². The van der Waals surface area contributed by atoms with E-state index in [1.165, 1.54) is 30.3 Å². The molecule has 0 unspecified atom stereocenters. The van der Waals surface area contributed by atoms with Gasteiger partial charge in [-0.1, -0.05) is 24.3 Å². The number of benzene rings is 2. The number of ether oxygens (including phenoxy) is 3. The summed E-state index contributed by atoms with van der Waals surface area (Å²) in [6.07, 6.45) is 2.57. The fourth-order valence-electron chi connectivity index (χ4n) is 2.10. The highest BCUT2D eigenvalue weighted by atomic mass is 19.3. The van der Waals surface area contributed by atoms with Gasteiger partial charge >= 0.3 is 12.6 Å². The smallest absolute Gasteiger partial charge is 0.387 e. The molecule has 2 aromatic carbocycles. The average Bonchev–Trinajstić information content (AvgIpc) is 2.70. The molecular weight excluding hydrogens is 372 g/mol. The van der Waals surface area contributed by atoms with Crippen LogP contribution in [-0.4, -0.2) is 32.2 Å². The number of amides is 1. The number of alkyl halides is 2. The number of hydrogen-bond acceptors (Lipinski definition) is 5. The fourth-order valence-corrected chi connectivity index (χ4v) is 2.10. The molecule has 28 heavy (non-hydrogen) atoms. The first-order chi connectivity index (χ1) is 13.5. The molecule has 2 aromatic rings. The number of hydrogen-bond donors (Lipinski definition) is 1. The highest BCUT2D eigenvalue weighted by Crippen LogP contribution is 2.15. The Balaban J connectivity index is 1.71. The highest BCUT2D eigenvalue weighted by Gasteiger charge is 2.06. The number of methoxy groups -OCH3 is 1. The average molecular weight is 391 g/mol. The Bertz CT molecular complexity index is 804. The lowest BCUT2D eigenvalue weighted by atomic mass is 10.2. The molecule has 148 valence electrons. The molecule has 2 rings (SSSR count). The molecule has 1 N–H and O–H groups in total. The number of rotatable bonds is 9. The van der Waals surface area contributed by atoms with Crippen molar-refractivity contribution in [3.63, 3.8) is 0 Å². The lowest BCUT2D eigenvalue weighted by molar-refractivity contribution is -0.143. The second kappa shape index (κ2) is 10.7. The molecule has 0 aromatic heterocycles. The van der Waals surface area contributed by atoms with E-state index >= 15 is 0 Å². The van der Waals surface area contributed by atoms with Crippen LogP contribution in [0.15, 0.2) is 54.6 Å². The van der Waals surface area contributed by atoms with E-state index in [2.05, 4.69) is 10.1 Å². The van der Waals surface area contributed by atoms with Gasteiger partial charge in [0.05, 0.1) is 7.11 Å². The van der Waals surface area contributed by atoms with Crippen LogP contribution in [0, 0.1) is 0 Å². The summed E-state index contributed by atoms with van der Waals surface area (Å²) >= 11 is 0. The second-order valence-electron chi connectivity index (χ2n) is 5.51. The zero-order valence-corrected chi connectivity index (χ0v) is 15.1. The van der Waals surface area contributed by atoms with Gasteiger partial charge in [-0.05, 0) is 41.5 Å². The summed E-state index contributed by atoms with van der Waals surface area (Å²) in [7, 11) is 1.57. The number of esters is 1. The summed E-state index contributed by atoms with van der Waals surface area (Å²) in [5.41, 5.74) is 1.46. The Kier molecular flexibility index (Phi) is 7.95. The first kappa shape index (κ1) is 20.9. The zero-order valence-electron chi connectivity index (χ0n) is 15.1. The third-order valence-electron chi connectivity index (χ3n) is 3.51. The molecule has 0 saturated carbocycles. The maximum absolute atomic E-state index is 12.1. The number of carbonyl (C=O) groups is 2. The van der Waals surface area contributed by atoms with Crippen molar-refractivity contribution >= 4 is 18.0 Å². The predicted octanol–water partition coefficient (Wildman–Crippen LogP) is 3.17. The van der Waals surface area contributed by atoms with E-state index in [4.69, 9.17) is 9.47 Å². The Labute approximate surface area is 160 Å². The molecule has 0 aliphatic heterocycles. The molecule has 0 spiro atoms.